The highest BCUT2D eigenvalue weighted by Gasteiger charge is 2.10. The van der Waals surface area contributed by atoms with Crippen LogP contribution in [0.5, 0.6) is 17.2 Å². The molecule has 146 valence electrons. The highest BCUT2D eigenvalue weighted by atomic mass is 16.5. The van der Waals surface area contributed by atoms with Crippen molar-refractivity contribution < 1.29 is 14.2 Å². The van der Waals surface area contributed by atoms with Crippen molar-refractivity contribution in [1.82, 2.24) is 15.2 Å². The number of methoxy groups -OCH3 is 2. The predicted octanol–water partition coefficient (Wildman–Crippen LogP) is 4.16. The van der Waals surface area contributed by atoms with Gasteiger partial charge in [0.25, 0.3) is 0 Å². The van der Waals surface area contributed by atoms with Crippen LogP contribution in [0.2, 0.25) is 0 Å². The van der Waals surface area contributed by atoms with Crippen LogP contribution in [-0.4, -0.2) is 35.5 Å². The average molecular weight is 381 g/mol. The minimum Gasteiger partial charge on any atom is -0.497 e. The number of hydrogen-bond acceptors (Lipinski definition) is 8. The van der Waals surface area contributed by atoms with Crippen LogP contribution in [-0.2, 0) is 0 Å². The molecule has 0 saturated heterocycles. The summed E-state index contributed by atoms with van der Waals surface area (Å²) in [7, 11) is 3.19. The van der Waals surface area contributed by atoms with Gasteiger partial charge in [0.15, 0.2) is 5.82 Å². The van der Waals surface area contributed by atoms with Crippen LogP contribution < -0.4 is 24.8 Å². The van der Waals surface area contributed by atoms with Crippen molar-refractivity contribution in [3.63, 3.8) is 0 Å². The zero-order valence-corrected chi connectivity index (χ0v) is 16.3. The Bertz CT molecular complexity index is 933. The minimum absolute atomic E-state index is 0.0613. The largest absolute Gasteiger partial charge is 0.497 e. The third kappa shape index (κ3) is 4.79. The maximum absolute atomic E-state index is 5.83. The molecule has 0 atom stereocenters. The van der Waals surface area contributed by atoms with E-state index in [1.807, 2.05) is 50.2 Å². The van der Waals surface area contributed by atoms with E-state index >= 15 is 0 Å². The average Bonchev–Trinajstić information content (AvgIpc) is 2.70. The summed E-state index contributed by atoms with van der Waals surface area (Å²) in [5, 5.41) is 14.4. The van der Waals surface area contributed by atoms with Gasteiger partial charge in [-0.1, -0.05) is 12.1 Å². The zero-order chi connectivity index (χ0) is 19.9. The number of anilines is 4. The van der Waals surface area contributed by atoms with E-state index < -0.39 is 0 Å². The van der Waals surface area contributed by atoms with Crippen molar-refractivity contribution in [3.8, 4) is 17.2 Å². The highest BCUT2D eigenvalue weighted by Crippen LogP contribution is 2.31. The van der Waals surface area contributed by atoms with Crippen LogP contribution in [0.25, 0.3) is 0 Å². The van der Waals surface area contributed by atoms with Gasteiger partial charge in [0.1, 0.15) is 17.2 Å². The maximum atomic E-state index is 5.83. The van der Waals surface area contributed by atoms with Gasteiger partial charge in [-0.25, -0.2) is 0 Å². The Morgan fingerprint density at radius 1 is 0.893 bits per heavy atom. The van der Waals surface area contributed by atoms with Gasteiger partial charge in [-0.3, -0.25) is 0 Å². The van der Waals surface area contributed by atoms with Crippen LogP contribution in [0.1, 0.15) is 13.8 Å². The topological polar surface area (TPSA) is 90.4 Å². The molecular formula is C20H23N5O3. The van der Waals surface area contributed by atoms with Gasteiger partial charge in [0.05, 0.1) is 37.9 Å². The first-order chi connectivity index (χ1) is 13.6. The molecular weight excluding hydrogens is 358 g/mol. The lowest BCUT2D eigenvalue weighted by atomic mass is 10.2. The lowest BCUT2D eigenvalue weighted by Gasteiger charge is -2.15. The molecule has 1 aromatic heterocycles. The molecule has 3 aromatic rings. The summed E-state index contributed by atoms with van der Waals surface area (Å²) in [4.78, 5) is 4.46. The van der Waals surface area contributed by atoms with Crippen molar-refractivity contribution in [1.29, 1.82) is 0 Å². The van der Waals surface area contributed by atoms with E-state index in [2.05, 4.69) is 25.8 Å². The first-order valence-corrected chi connectivity index (χ1v) is 8.80. The van der Waals surface area contributed by atoms with E-state index in [9.17, 15) is 0 Å². The molecule has 2 aromatic carbocycles. The Morgan fingerprint density at radius 2 is 1.68 bits per heavy atom. The normalized spacial score (nSPS) is 10.5. The lowest BCUT2D eigenvalue weighted by molar-refractivity contribution is 0.244. The Kier molecular flexibility index (Phi) is 6.11. The number of benzene rings is 2. The van der Waals surface area contributed by atoms with Gasteiger partial charge in [0, 0.05) is 6.07 Å². The molecule has 0 aliphatic heterocycles. The fourth-order valence-electron chi connectivity index (χ4n) is 2.50. The first-order valence-electron chi connectivity index (χ1n) is 8.80. The van der Waals surface area contributed by atoms with E-state index in [4.69, 9.17) is 14.2 Å². The fourth-order valence-corrected chi connectivity index (χ4v) is 2.50. The Morgan fingerprint density at radius 3 is 2.43 bits per heavy atom. The van der Waals surface area contributed by atoms with Gasteiger partial charge >= 0.3 is 0 Å². The second-order valence-corrected chi connectivity index (χ2v) is 6.14. The van der Waals surface area contributed by atoms with Crippen LogP contribution in [0.15, 0.2) is 48.7 Å². The molecule has 0 bridgehead atoms. The standard InChI is InChI=1S/C20H23N5O3/c1-13(2)28-17-8-6-5-7-15(17)22-19-12-21-25-20(24-19)23-16-10-9-14(26-3)11-18(16)27-4/h5-13H,1-4H3,(H2,22,23,24,25). The van der Waals surface area contributed by atoms with Crippen molar-refractivity contribution in [3.05, 3.63) is 48.7 Å². The van der Waals surface area contributed by atoms with Crippen LogP contribution >= 0.6 is 0 Å². The smallest absolute Gasteiger partial charge is 0.249 e. The first kappa shape index (κ1) is 19.2. The number of hydrogen-bond donors (Lipinski definition) is 2. The quantitative estimate of drug-likeness (QED) is 0.601. The van der Waals surface area contributed by atoms with E-state index in [1.54, 1.807) is 26.5 Å². The summed E-state index contributed by atoms with van der Waals surface area (Å²) >= 11 is 0. The van der Waals surface area contributed by atoms with Crippen LogP contribution in [0.3, 0.4) is 0 Å². The number of ether oxygens (including phenoxy) is 3. The molecule has 0 fully saturated rings. The minimum atomic E-state index is 0.0613. The summed E-state index contributed by atoms with van der Waals surface area (Å²) in [5.41, 5.74) is 1.50. The van der Waals surface area contributed by atoms with Gasteiger partial charge in [0.2, 0.25) is 5.95 Å². The molecule has 0 saturated carbocycles. The van der Waals surface area contributed by atoms with Crippen molar-refractivity contribution in [2.24, 2.45) is 0 Å². The number of nitrogens with zero attached hydrogens (tertiary/aromatic N) is 3. The van der Waals surface area contributed by atoms with Crippen molar-refractivity contribution in [2.45, 2.75) is 20.0 Å². The Hall–Kier alpha value is -3.55. The molecule has 8 heteroatoms. The number of aromatic nitrogens is 3. The summed E-state index contributed by atoms with van der Waals surface area (Å²) in [5.74, 6) is 2.90. The number of rotatable bonds is 8. The maximum Gasteiger partial charge on any atom is 0.249 e. The van der Waals surface area contributed by atoms with E-state index in [1.165, 1.54) is 0 Å². The highest BCUT2D eigenvalue weighted by molar-refractivity contribution is 5.67. The van der Waals surface area contributed by atoms with Crippen LogP contribution in [0.4, 0.5) is 23.1 Å². The van der Waals surface area contributed by atoms with Crippen LogP contribution in [0, 0.1) is 0 Å². The molecule has 28 heavy (non-hydrogen) atoms. The van der Waals surface area contributed by atoms with E-state index in [0.29, 0.717) is 29.0 Å². The monoisotopic (exact) mass is 381 g/mol. The second kappa shape index (κ2) is 8.90. The summed E-state index contributed by atoms with van der Waals surface area (Å²) < 4.78 is 16.4. The van der Waals surface area contributed by atoms with Gasteiger partial charge in [-0.15, -0.1) is 5.10 Å². The summed E-state index contributed by atoms with van der Waals surface area (Å²) in [6.45, 7) is 3.96. The number of para-hydroxylation sites is 2. The lowest BCUT2D eigenvalue weighted by Crippen LogP contribution is -2.08. The molecule has 0 aliphatic rings. The molecule has 3 rings (SSSR count). The SMILES string of the molecule is COc1ccc(Nc2nncc(Nc3ccccc3OC(C)C)n2)c(OC)c1. The fraction of sp³-hybridized carbons (Fsp3) is 0.250. The molecule has 0 radical (unpaired) electrons. The third-order valence-electron chi connectivity index (χ3n) is 3.73. The van der Waals surface area contributed by atoms with Gasteiger partial charge < -0.3 is 24.8 Å². The van der Waals surface area contributed by atoms with E-state index in [-0.39, 0.29) is 6.10 Å². The molecule has 8 nitrogen and oxygen atoms in total. The summed E-state index contributed by atoms with van der Waals surface area (Å²) in [6, 6.07) is 13.1. The Balaban J connectivity index is 1.80. The van der Waals surface area contributed by atoms with Crippen molar-refractivity contribution in [2.75, 3.05) is 24.9 Å². The number of nitrogens with one attached hydrogen (secondary N) is 2. The van der Waals surface area contributed by atoms with Gasteiger partial charge in [-0.05, 0) is 38.1 Å². The van der Waals surface area contributed by atoms with E-state index in [0.717, 1.165) is 11.4 Å². The van der Waals surface area contributed by atoms with Crippen molar-refractivity contribution >= 4 is 23.1 Å². The molecule has 1 heterocycles. The zero-order valence-electron chi connectivity index (χ0n) is 16.3. The summed E-state index contributed by atoms with van der Waals surface area (Å²) in [6.07, 6.45) is 1.61. The molecule has 0 amide bonds. The predicted molar refractivity (Wildman–Crippen MR) is 108 cm³/mol. The second-order valence-electron chi connectivity index (χ2n) is 6.14. The molecule has 0 spiro atoms. The molecule has 0 aliphatic carbocycles. The Labute approximate surface area is 163 Å². The third-order valence-corrected chi connectivity index (χ3v) is 3.73. The van der Waals surface area contributed by atoms with Gasteiger partial charge in [-0.2, -0.15) is 10.1 Å². The molecule has 2 N–H and O–H groups in total. The molecule has 0 unspecified atom stereocenters.